The zero-order valence-corrected chi connectivity index (χ0v) is 17.7. The van der Waals surface area contributed by atoms with Gasteiger partial charge in [0.1, 0.15) is 0 Å². The van der Waals surface area contributed by atoms with Gasteiger partial charge in [0.05, 0.1) is 5.52 Å². The van der Waals surface area contributed by atoms with Crippen molar-refractivity contribution in [2.45, 2.75) is 46.5 Å². The van der Waals surface area contributed by atoms with Crippen LogP contribution in [0.3, 0.4) is 0 Å². The van der Waals surface area contributed by atoms with E-state index in [2.05, 4.69) is 25.2 Å². The monoisotopic (exact) mass is 393 g/mol. The molecule has 2 aromatic heterocycles. The molecule has 0 spiro atoms. The fraction of sp³-hybridized carbons (Fsp3) is 0.522. The van der Waals surface area contributed by atoms with Crippen LogP contribution in [0.1, 0.15) is 43.1 Å². The van der Waals surface area contributed by atoms with E-state index in [0.29, 0.717) is 18.8 Å². The number of amides is 1. The topological polar surface area (TPSA) is 62.5 Å². The number of hydrogen-bond acceptors (Lipinski definition) is 4. The fourth-order valence-corrected chi connectivity index (χ4v) is 4.46. The molecular weight excluding hydrogens is 362 g/mol. The smallest absolute Gasteiger partial charge is 0.222 e. The molecule has 4 rings (SSSR count). The Balaban J connectivity index is 1.44. The van der Waals surface area contributed by atoms with Crippen molar-refractivity contribution >= 4 is 22.5 Å². The van der Waals surface area contributed by atoms with Crippen molar-refractivity contribution in [3.8, 4) is 0 Å². The molecule has 1 saturated heterocycles. The van der Waals surface area contributed by atoms with Gasteiger partial charge in [-0.15, -0.1) is 0 Å². The van der Waals surface area contributed by atoms with E-state index in [0.717, 1.165) is 72.5 Å². The number of carbonyl (C=O) groups excluding carboxylic acids is 1. The molecular formula is C23H31N5O. The fourth-order valence-electron chi connectivity index (χ4n) is 4.46. The normalized spacial score (nSPS) is 15.5. The minimum Gasteiger partial charge on any atom is -0.343 e. The predicted molar refractivity (Wildman–Crippen MR) is 116 cm³/mol. The molecule has 0 saturated carbocycles. The highest BCUT2D eigenvalue weighted by atomic mass is 16.2. The maximum absolute atomic E-state index is 12.8. The van der Waals surface area contributed by atoms with Gasteiger partial charge in [0.25, 0.3) is 0 Å². The average Bonchev–Trinajstić information content (AvgIpc) is 3.11. The number of hydrogen-bond donors (Lipinski definition) is 1. The highest BCUT2D eigenvalue weighted by Crippen LogP contribution is 2.23. The first-order valence-electron chi connectivity index (χ1n) is 10.8. The predicted octanol–water partition coefficient (Wildman–Crippen LogP) is 3.28. The maximum Gasteiger partial charge on any atom is 0.222 e. The van der Waals surface area contributed by atoms with Gasteiger partial charge in [-0.25, -0.2) is 9.50 Å². The molecule has 0 atom stereocenters. The summed E-state index contributed by atoms with van der Waals surface area (Å²) in [5.41, 5.74) is 5.07. The highest BCUT2D eigenvalue weighted by Gasteiger charge is 2.23. The number of benzene rings is 1. The van der Waals surface area contributed by atoms with E-state index in [9.17, 15) is 4.79 Å². The van der Waals surface area contributed by atoms with E-state index in [1.165, 1.54) is 0 Å². The maximum atomic E-state index is 12.8. The van der Waals surface area contributed by atoms with E-state index in [1.54, 1.807) is 0 Å². The zero-order valence-electron chi connectivity index (χ0n) is 17.7. The van der Waals surface area contributed by atoms with Crippen LogP contribution < -0.4 is 5.32 Å². The lowest BCUT2D eigenvalue weighted by Gasteiger charge is -2.32. The van der Waals surface area contributed by atoms with Crippen molar-refractivity contribution in [3.05, 3.63) is 41.2 Å². The van der Waals surface area contributed by atoms with Crippen molar-refractivity contribution in [2.75, 3.05) is 26.2 Å². The van der Waals surface area contributed by atoms with Crippen LogP contribution in [0.25, 0.3) is 16.6 Å². The summed E-state index contributed by atoms with van der Waals surface area (Å²) in [6, 6.07) is 8.09. The summed E-state index contributed by atoms with van der Waals surface area (Å²) in [5.74, 6) is 0.959. The lowest BCUT2D eigenvalue weighted by molar-refractivity contribution is -0.132. The largest absolute Gasteiger partial charge is 0.343 e. The Morgan fingerprint density at radius 1 is 1.21 bits per heavy atom. The quantitative estimate of drug-likeness (QED) is 0.698. The van der Waals surface area contributed by atoms with E-state index >= 15 is 0 Å². The third-order valence-corrected chi connectivity index (χ3v) is 6.26. The first-order valence-corrected chi connectivity index (χ1v) is 10.8. The summed E-state index contributed by atoms with van der Waals surface area (Å²) in [5, 5.41) is 9.22. The third kappa shape index (κ3) is 3.99. The third-order valence-electron chi connectivity index (χ3n) is 6.26. The van der Waals surface area contributed by atoms with Crippen molar-refractivity contribution in [3.63, 3.8) is 0 Å². The number of nitrogens with zero attached hydrogens (tertiary/aromatic N) is 4. The number of aryl methyl sites for hydroxylation is 2. The minimum absolute atomic E-state index is 0.261. The van der Waals surface area contributed by atoms with Gasteiger partial charge >= 0.3 is 0 Å². The summed E-state index contributed by atoms with van der Waals surface area (Å²) in [6.07, 6.45) is 3.45. The SMILES string of the molecule is CCNCC1CCN(C(=O)CCc2c(C)nc3c4ccccc4nn3c2C)CC1. The average molecular weight is 394 g/mol. The Hall–Kier alpha value is -2.47. The van der Waals surface area contributed by atoms with Gasteiger partial charge in [-0.2, -0.15) is 5.10 Å². The van der Waals surface area contributed by atoms with E-state index in [4.69, 9.17) is 10.1 Å². The van der Waals surface area contributed by atoms with Gasteiger partial charge in [0.15, 0.2) is 5.65 Å². The summed E-state index contributed by atoms with van der Waals surface area (Å²) in [6.45, 7) is 10.1. The summed E-state index contributed by atoms with van der Waals surface area (Å²) >= 11 is 0. The Bertz CT molecular complexity index is 1020. The molecule has 3 aromatic rings. The minimum atomic E-state index is 0.261. The second kappa shape index (κ2) is 8.49. The van der Waals surface area contributed by atoms with E-state index in [1.807, 2.05) is 34.5 Å². The van der Waals surface area contributed by atoms with Gasteiger partial charge in [-0.05, 0) is 69.8 Å². The van der Waals surface area contributed by atoms with Gasteiger partial charge in [-0.1, -0.05) is 19.1 Å². The van der Waals surface area contributed by atoms with Crippen LogP contribution in [0, 0.1) is 19.8 Å². The molecule has 0 bridgehead atoms. The molecule has 1 N–H and O–H groups in total. The van der Waals surface area contributed by atoms with Gasteiger partial charge < -0.3 is 10.2 Å². The van der Waals surface area contributed by atoms with Crippen LogP contribution in [-0.2, 0) is 11.2 Å². The molecule has 1 fully saturated rings. The number of likely N-dealkylation sites (tertiary alicyclic amines) is 1. The summed E-state index contributed by atoms with van der Waals surface area (Å²) < 4.78 is 1.93. The van der Waals surface area contributed by atoms with Crippen LogP contribution >= 0.6 is 0 Å². The molecule has 3 heterocycles. The molecule has 1 aliphatic rings. The molecule has 1 aliphatic heterocycles. The van der Waals surface area contributed by atoms with Crippen LogP contribution in [0.4, 0.5) is 0 Å². The van der Waals surface area contributed by atoms with Crippen LogP contribution in [0.15, 0.2) is 24.3 Å². The first-order chi connectivity index (χ1) is 14.1. The van der Waals surface area contributed by atoms with Crippen molar-refractivity contribution in [1.29, 1.82) is 0 Å². The Morgan fingerprint density at radius 3 is 2.72 bits per heavy atom. The van der Waals surface area contributed by atoms with Crippen molar-refractivity contribution < 1.29 is 4.79 Å². The molecule has 1 amide bonds. The number of rotatable bonds is 6. The molecule has 6 heteroatoms. The van der Waals surface area contributed by atoms with E-state index < -0.39 is 0 Å². The molecule has 1 aromatic carbocycles. The molecule has 6 nitrogen and oxygen atoms in total. The molecule has 29 heavy (non-hydrogen) atoms. The first kappa shape index (κ1) is 19.8. The molecule has 0 radical (unpaired) electrons. The highest BCUT2D eigenvalue weighted by molar-refractivity contribution is 5.92. The number of carbonyl (C=O) groups is 1. The molecule has 154 valence electrons. The summed E-state index contributed by atoms with van der Waals surface area (Å²) in [7, 11) is 0. The Morgan fingerprint density at radius 2 is 1.97 bits per heavy atom. The Labute approximate surface area is 172 Å². The number of nitrogens with one attached hydrogen (secondary N) is 1. The van der Waals surface area contributed by atoms with Gasteiger partial charge in [0.2, 0.25) is 5.91 Å². The Kier molecular flexibility index (Phi) is 5.81. The molecule has 0 unspecified atom stereocenters. The number of fused-ring (bicyclic) bond motifs is 3. The van der Waals surface area contributed by atoms with Crippen molar-refractivity contribution in [1.82, 2.24) is 24.8 Å². The van der Waals surface area contributed by atoms with Gasteiger partial charge in [0, 0.05) is 36.3 Å². The molecule has 0 aliphatic carbocycles. The zero-order chi connectivity index (χ0) is 20.4. The standard InChI is InChI=1S/C23H31N5O/c1-4-24-15-18-11-13-27(14-12-18)22(29)10-9-19-16(2)25-23-20-7-5-6-8-21(20)26-28(23)17(19)3/h5-8,18,24H,4,9-15H2,1-3H3. The second-order valence-electron chi connectivity index (χ2n) is 8.15. The van der Waals surface area contributed by atoms with Gasteiger partial charge in [-0.3, -0.25) is 4.79 Å². The lowest BCUT2D eigenvalue weighted by Crippen LogP contribution is -2.40. The van der Waals surface area contributed by atoms with E-state index in [-0.39, 0.29) is 5.91 Å². The van der Waals surface area contributed by atoms with Crippen LogP contribution in [-0.4, -0.2) is 51.6 Å². The lowest BCUT2D eigenvalue weighted by atomic mass is 9.96. The number of aromatic nitrogens is 3. The summed E-state index contributed by atoms with van der Waals surface area (Å²) in [4.78, 5) is 19.7. The van der Waals surface area contributed by atoms with Crippen LogP contribution in [0.5, 0.6) is 0 Å². The second-order valence-corrected chi connectivity index (χ2v) is 8.15. The number of piperidine rings is 1. The van der Waals surface area contributed by atoms with Crippen LogP contribution in [0.2, 0.25) is 0 Å². The van der Waals surface area contributed by atoms with Crippen molar-refractivity contribution in [2.24, 2.45) is 5.92 Å².